The number of hydrogen-bond donors (Lipinski definition) is 2. The van der Waals surface area contributed by atoms with Gasteiger partial charge in [0.2, 0.25) is 0 Å². The highest BCUT2D eigenvalue weighted by atomic mass is 79.9. The maximum absolute atomic E-state index is 12.0. The molecule has 2 N–H and O–H groups in total. The van der Waals surface area contributed by atoms with E-state index in [1.165, 1.54) is 4.68 Å². The first-order valence-electron chi connectivity index (χ1n) is 6.00. The van der Waals surface area contributed by atoms with Crippen molar-refractivity contribution < 1.29 is 5.11 Å². The summed E-state index contributed by atoms with van der Waals surface area (Å²) in [5.74, 6) is 0.226. The van der Waals surface area contributed by atoms with E-state index in [4.69, 9.17) is 0 Å². The quantitative estimate of drug-likeness (QED) is 0.824. The molecule has 0 unspecified atom stereocenters. The van der Waals surface area contributed by atoms with Gasteiger partial charge in [-0.3, -0.25) is 4.79 Å². The van der Waals surface area contributed by atoms with Gasteiger partial charge >= 0.3 is 0 Å². The molecule has 0 amide bonds. The van der Waals surface area contributed by atoms with E-state index in [0.717, 1.165) is 5.56 Å². The van der Waals surface area contributed by atoms with Gasteiger partial charge in [-0.2, -0.15) is 5.10 Å². The number of allylic oxidation sites excluding steroid dienone is 1. The number of hydrogen-bond acceptors (Lipinski definition) is 4. The molecule has 2 rings (SSSR count). The van der Waals surface area contributed by atoms with Crippen LogP contribution in [0, 0.1) is 0 Å². The normalized spacial score (nSPS) is 10.2. The number of phenols is 1. The second kappa shape index (κ2) is 6.38. The number of aromatic hydroxyl groups is 1. The van der Waals surface area contributed by atoms with Gasteiger partial charge in [0.25, 0.3) is 5.56 Å². The Bertz CT molecular complexity index is 665. The van der Waals surface area contributed by atoms with Crippen molar-refractivity contribution in [3.05, 3.63) is 63.5 Å². The van der Waals surface area contributed by atoms with Gasteiger partial charge < -0.3 is 10.4 Å². The molecule has 20 heavy (non-hydrogen) atoms. The van der Waals surface area contributed by atoms with E-state index in [2.05, 4.69) is 32.9 Å². The van der Waals surface area contributed by atoms with E-state index in [-0.39, 0.29) is 11.3 Å². The van der Waals surface area contributed by atoms with E-state index in [0.29, 0.717) is 23.2 Å². The molecule has 5 nitrogen and oxygen atoms in total. The fourth-order valence-corrected chi connectivity index (χ4v) is 2.10. The molecule has 104 valence electrons. The standard InChI is InChI=1S/C14H14BrN3O2/c1-2-7-18-14(20)13(15)12(9-17-18)16-8-10-3-5-11(19)6-4-10/h2-6,9,16,19H,1,7-8H2. The molecule has 0 radical (unpaired) electrons. The molecule has 0 aliphatic carbocycles. The van der Waals surface area contributed by atoms with Crippen LogP contribution in [0.5, 0.6) is 5.75 Å². The van der Waals surface area contributed by atoms with Crippen LogP contribution >= 0.6 is 15.9 Å². The second-order valence-corrected chi connectivity index (χ2v) is 4.96. The molecule has 0 saturated heterocycles. The molecule has 0 saturated carbocycles. The first kappa shape index (κ1) is 14.3. The van der Waals surface area contributed by atoms with Crippen molar-refractivity contribution in [3.63, 3.8) is 0 Å². The zero-order valence-corrected chi connectivity index (χ0v) is 12.3. The molecule has 1 aromatic carbocycles. The summed E-state index contributed by atoms with van der Waals surface area (Å²) in [6.45, 7) is 4.49. The Morgan fingerprint density at radius 2 is 2.10 bits per heavy atom. The molecule has 1 aromatic heterocycles. The third kappa shape index (κ3) is 3.27. The minimum Gasteiger partial charge on any atom is -0.508 e. The zero-order chi connectivity index (χ0) is 14.5. The van der Waals surface area contributed by atoms with Gasteiger partial charge in [0, 0.05) is 6.54 Å². The molecule has 0 bridgehead atoms. The minimum absolute atomic E-state index is 0.208. The lowest BCUT2D eigenvalue weighted by molar-refractivity contribution is 0.475. The Labute approximate surface area is 124 Å². The highest BCUT2D eigenvalue weighted by molar-refractivity contribution is 9.10. The largest absolute Gasteiger partial charge is 0.508 e. The Morgan fingerprint density at radius 1 is 1.40 bits per heavy atom. The lowest BCUT2D eigenvalue weighted by Crippen LogP contribution is -2.23. The zero-order valence-electron chi connectivity index (χ0n) is 10.7. The lowest BCUT2D eigenvalue weighted by atomic mass is 10.2. The van der Waals surface area contributed by atoms with Gasteiger partial charge in [-0.05, 0) is 33.6 Å². The summed E-state index contributed by atoms with van der Waals surface area (Å²) < 4.78 is 1.76. The average molecular weight is 336 g/mol. The van der Waals surface area contributed by atoms with Crippen LogP contribution in [0.1, 0.15) is 5.56 Å². The van der Waals surface area contributed by atoms with E-state index in [9.17, 15) is 9.90 Å². The number of phenolic OH excluding ortho intramolecular Hbond substituents is 1. The van der Waals surface area contributed by atoms with Crippen LogP contribution in [0.25, 0.3) is 0 Å². The van der Waals surface area contributed by atoms with Crippen LogP contribution in [-0.4, -0.2) is 14.9 Å². The minimum atomic E-state index is -0.208. The number of aromatic nitrogens is 2. The highest BCUT2D eigenvalue weighted by Crippen LogP contribution is 2.18. The molecule has 0 fully saturated rings. The fourth-order valence-electron chi connectivity index (χ4n) is 1.65. The third-order valence-electron chi connectivity index (χ3n) is 2.71. The Morgan fingerprint density at radius 3 is 2.75 bits per heavy atom. The molecule has 1 heterocycles. The molecule has 0 aliphatic heterocycles. The first-order valence-corrected chi connectivity index (χ1v) is 6.79. The number of nitrogens with one attached hydrogen (secondary N) is 1. The van der Waals surface area contributed by atoms with Crippen molar-refractivity contribution in [2.45, 2.75) is 13.1 Å². The molecule has 0 aliphatic rings. The van der Waals surface area contributed by atoms with Crippen molar-refractivity contribution >= 4 is 21.6 Å². The summed E-state index contributed by atoms with van der Waals surface area (Å²) in [6, 6.07) is 6.85. The van der Waals surface area contributed by atoms with E-state index >= 15 is 0 Å². The maximum atomic E-state index is 12.0. The summed E-state index contributed by atoms with van der Waals surface area (Å²) in [4.78, 5) is 12.0. The number of anilines is 1. The van der Waals surface area contributed by atoms with Crippen LogP contribution in [0.4, 0.5) is 5.69 Å². The Balaban J connectivity index is 2.14. The van der Waals surface area contributed by atoms with Crippen LogP contribution < -0.4 is 10.9 Å². The van der Waals surface area contributed by atoms with Crippen LogP contribution in [-0.2, 0) is 13.1 Å². The van der Waals surface area contributed by atoms with Gasteiger partial charge in [-0.1, -0.05) is 18.2 Å². The topological polar surface area (TPSA) is 67.2 Å². The monoisotopic (exact) mass is 335 g/mol. The van der Waals surface area contributed by atoms with Crippen molar-refractivity contribution in [1.29, 1.82) is 0 Å². The van der Waals surface area contributed by atoms with Crippen LogP contribution in [0.15, 0.2) is 52.4 Å². The molecule has 2 aromatic rings. The van der Waals surface area contributed by atoms with E-state index in [1.807, 2.05) is 12.1 Å². The molecular weight excluding hydrogens is 322 g/mol. The van der Waals surface area contributed by atoms with Crippen LogP contribution in [0.2, 0.25) is 0 Å². The maximum Gasteiger partial charge on any atom is 0.283 e. The summed E-state index contributed by atoms with van der Waals surface area (Å²) in [7, 11) is 0. The summed E-state index contributed by atoms with van der Waals surface area (Å²) in [6.07, 6.45) is 3.21. The third-order valence-corrected chi connectivity index (χ3v) is 3.47. The SMILES string of the molecule is C=CCn1ncc(NCc2ccc(O)cc2)c(Br)c1=O. The van der Waals surface area contributed by atoms with Crippen LogP contribution in [0.3, 0.4) is 0 Å². The molecule has 0 spiro atoms. The lowest BCUT2D eigenvalue weighted by Gasteiger charge is -2.09. The fraction of sp³-hybridized carbons (Fsp3) is 0.143. The first-order chi connectivity index (χ1) is 9.61. The second-order valence-electron chi connectivity index (χ2n) is 4.17. The molecule has 0 atom stereocenters. The number of nitrogens with zero attached hydrogens (tertiary/aromatic N) is 2. The number of rotatable bonds is 5. The Hall–Kier alpha value is -2.08. The number of benzene rings is 1. The van der Waals surface area contributed by atoms with Crippen molar-refractivity contribution in [3.8, 4) is 5.75 Å². The van der Waals surface area contributed by atoms with E-state index < -0.39 is 0 Å². The summed E-state index contributed by atoms with van der Waals surface area (Å²) in [5, 5.41) is 16.4. The van der Waals surface area contributed by atoms with Gasteiger partial charge in [0.1, 0.15) is 10.2 Å². The summed E-state index contributed by atoms with van der Waals surface area (Å²) in [5.41, 5.74) is 1.41. The average Bonchev–Trinajstić information content (AvgIpc) is 2.45. The van der Waals surface area contributed by atoms with Gasteiger partial charge in [-0.15, -0.1) is 6.58 Å². The van der Waals surface area contributed by atoms with Gasteiger partial charge in [-0.25, -0.2) is 4.68 Å². The predicted octanol–water partition coefficient (Wildman–Crippen LogP) is 2.51. The van der Waals surface area contributed by atoms with Crippen molar-refractivity contribution in [2.75, 3.05) is 5.32 Å². The van der Waals surface area contributed by atoms with Gasteiger partial charge in [0.05, 0.1) is 18.4 Å². The van der Waals surface area contributed by atoms with Gasteiger partial charge in [0.15, 0.2) is 0 Å². The van der Waals surface area contributed by atoms with Crippen molar-refractivity contribution in [1.82, 2.24) is 9.78 Å². The molecule has 6 heteroatoms. The molecular formula is C14H14BrN3O2. The predicted molar refractivity (Wildman–Crippen MR) is 81.8 cm³/mol. The smallest absolute Gasteiger partial charge is 0.283 e. The highest BCUT2D eigenvalue weighted by Gasteiger charge is 2.07. The Kier molecular flexibility index (Phi) is 4.57. The number of halogens is 1. The van der Waals surface area contributed by atoms with Crippen molar-refractivity contribution in [2.24, 2.45) is 0 Å². The van der Waals surface area contributed by atoms with E-state index in [1.54, 1.807) is 24.4 Å². The summed E-state index contributed by atoms with van der Waals surface area (Å²) >= 11 is 3.28.